The molecule has 4 bridgehead atoms. The first-order valence-corrected chi connectivity index (χ1v) is 9.73. The zero-order valence-corrected chi connectivity index (χ0v) is 15.5. The van der Waals surface area contributed by atoms with Crippen LogP contribution in [0.3, 0.4) is 0 Å². The van der Waals surface area contributed by atoms with Gasteiger partial charge in [0.15, 0.2) is 6.29 Å². The molecule has 4 aliphatic carbocycles. The molecule has 6 heteroatoms. The number of carbonyl (C=O) groups is 2. The molecule has 0 aromatic heterocycles. The van der Waals surface area contributed by atoms with Gasteiger partial charge in [-0.1, -0.05) is 0 Å². The predicted molar refractivity (Wildman–Crippen MR) is 92.0 cm³/mol. The van der Waals surface area contributed by atoms with Crippen LogP contribution >= 0.6 is 0 Å². The highest BCUT2D eigenvalue weighted by atomic mass is 16.7. The van der Waals surface area contributed by atoms with Gasteiger partial charge < -0.3 is 18.9 Å². The fraction of sp³-hybridized carbons (Fsp3) is 0.800. The SMILES string of the molecule is CC(=O)OC[C@H]1OC(OC23CC4CC(CC(C4)C2)C3)C=C[C@@H]1OC(C)=O. The molecule has 0 amide bonds. The lowest BCUT2D eigenvalue weighted by molar-refractivity contribution is -0.265. The molecule has 144 valence electrons. The van der Waals surface area contributed by atoms with Gasteiger partial charge in [-0.25, -0.2) is 0 Å². The van der Waals surface area contributed by atoms with Gasteiger partial charge in [0.05, 0.1) is 5.60 Å². The minimum atomic E-state index is -0.567. The van der Waals surface area contributed by atoms with Gasteiger partial charge in [0.25, 0.3) is 0 Å². The van der Waals surface area contributed by atoms with Crippen molar-refractivity contribution in [2.24, 2.45) is 17.8 Å². The van der Waals surface area contributed by atoms with E-state index in [9.17, 15) is 9.59 Å². The van der Waals surface area contributed by atoms with Crippen LogP contribution in [-0.4, -0.2) is 42.6 Å². The molecule has 5 rings (SSSR count). The summed E-state index contributed by atoms with van der Waals surface area (Å²) in [5.41, 5.74) is -0.0794. The standard InChI is InChI=1S/C20H28O6/c1-12(21)23-11-18-17(24-13(2)22)3-4-19(25-18)26-20-8-14-5-15(9-20)7-16(6-14)10-20/h3-4,14-19H,5-11H2,1-2H3/t14?,15?,16?,17-,18+,19?,20?/m0/s1. The zero-order chi connectivity index (χ0) is 18.3. The summed E-state index contributed by atoms with van der Waals surface area (Å²) in [6, 6.07) is 0. The lowest BCUT2D eigenvalue weighted by Gasteiger charge is -2.57. The Labute approximate surface area is 154 Å². The fourth-order valence-electron chi connectivity index (χ4n) is 5.75. The van der Waals surface area contributed by atoms with E-state index in [1.165, 1.54) is 33.1 Å². The summed E-state index contributed by atoms with van der Waals surface area (Å²) in [6.45, 7) is 2.75. The van der Waals surface area contributed by atoms with E-state index in [0.29, 0.717) is 0 Å². The summed E-state index contributed by atoms with van der Waals surface area (Å²) in [5, 5.41) is 0. The van der Waals surface area contributed by atoms with Gasteiger partial charge in [-0.05, 0) is 68.4 Å². The van der Waals surface area contributed by atoms with Gasteiger partial charge in [-0.2, -0.15) is 0 Å². The third-order valence-electron chi connectivity index (χ3n) is 6.23. The van der Waals surface area contributed by atoms with Crippen molar-refractivity contribution in [3.05, 3.63) is 12.2 Å². The molecule has 5 aliphatic rings. The van der Waals surface area contributed by atoms with Crippen LogP contribution in [0.25, 0.3) is 0 Å². The Morgan fingerprint density at radius 2 is 1.62 bits per heavy atom. The number of ether oxygens (including phenoxy) is 4. The molecular formula is C20H28O6. The van der Waals surface area contributed by atoms with Gasteiger partial charge in [0, 0.05) is 13.8 Å². The van der Waals surface area contributed by atoms with Crippen LogP contribution in [0.2, 0.25) is 0 Å². The van der Waals surface area contributed by atoms with E-state index in [0.717, 1.165) is 37.0 Å². The third-order valence-corrected chi connectivity index (χ3v) is 6.23. The molecule has 0 radical (unpaired) electrons. The first kappa shape index (κ1) is 18.0. The molecule has 26 heavy (non-hydrogen) atoms. The summed E-state index contributed by atoms with van der Waals surface area (Å²) < 4.78 is 22.9. The van der Waals surface area contributed by atoms with Crippen molar-refractivity contribution in [2.45, 2.75) is 76.5 Å². The van der Waals surface area contributed by atoms with Crippen molar-refractivity contribution in [1.29, 1.82) is 0 Å². The number of hydrogen-bond acceptors (Lipinski definition) is 6. The van der Waals surface area contributed by atoms with Crippen LogP contribution in [0, 0.1) is 17.8 Å². The van der Waals surface area contributed by atoms with Crippen molar-refractivity contribution in [2.75, 3.05) is 6.61 Å². The van der Waals surface area contributed by atoms with Crippen LogP contribution in [-0.2, 0) is 28.5 Å². The van der Waals surface area contributed by atoms with E-state index in [1.807, 2.05) is 6.08 Å². The van der Waals surface area contributed by atoms with Gasteiger partial charge in [0.1, 0.15) is 18.8 Å². The highest BCUT2D eigenvalue weighted by Crippen LogP contribution is 2.57. The molecule has 1 unspecified atom stereocenters. The monoisotopic (exact) mass is 364 g/mol. The average Bonchev–Trinajstić information content (AvgIpc) is 2.52. The quantitative estimate of drug-likeness (QED) is 0.552. The van der Waals surface area contributed by atoms with Crippen molar-refractivity contribution in [3.8, 4) is 0 Å². The molecule has 0 saturated heterocycles. The molecule has 6 nitrogen and oxygen atoms in total. The molecular weight excluding hydrogens is 336 g/mol. The van der Waals surface area contributed by atoms with Gasteiger partial charge in [-0.15, -0.1) is 0 Å². The van der Waals surface area contributed by atoms with Crippen molar-refractivity contribution in [3.63, 3.8) is 0 Å². The van der Waals surface area contributed by atoms with Crippen LogP contribution in [0.5, 0.6) is 0 Å². The summed E-state index contributed by atoms with van der Waals surface area (Å²) in [4.78, 5) is 22.5. The summed E-state index contributed by atoms with van der Waals surface area (Å²) in [7, 11) is 0. The van der Waals surface area contributed by atoms with Gasteiger partial charge in [-0.3, -0.25) is 9.59 Å². The Morgan fingerprint density at radius 1 is 1.00 bits per heavy atom. The maximum atomic E-state index is 11.3. The van der Waals surface area contributed by atoms with Crippen LogP contribution in [0.4, 0.5) is 0 Å². The molecule has 4 fully saturated rings. The zero-order valence-electron chi connectivity index (χ0n) is 15.5. The first-order chi connectivity index (χ1) is 12.4. The highest BCUT2D eigenvalue weighted by molar-refractivity contribution is 5.66. The van der Waals surface area contributed by atoms with Crippen LogP contribution in [0.15, 0.2) is 12.2 Å². The Bertz CT molecular complexity index is 562. The Balaban J connectivity index is 1.43. The van der Waals surface area contributed by atoms with Crippen LogP contribution in [0.1, 0.15) is 52.4 Å². The summed E-state index contributed by atoms with van der Waals surface area (Å²) >= 11 is 0. The molecule has 0 spiro atoms. The predicted octanol–water partition coefficient (Wildman–Crippen LogP) is 2.75. The third kappa shape index (κ3) is 3.81. The fourth-order valence-corrected chi connectivity index (χ4v) is 5.75. The van der Waals surface area contributed by atoms with Gasteiger partial charge >= 0.3 is 11.9 Å². The topological polar surface area (TPSA) is 71.1 Å². The van der Waals surface area contributed by atoms with Crippen molar-refractivity contribution >= 4 is 11.9 Å². The molecule has 1 heterocycles. The van der Waals surface area contributed by atoms with Gasteiger partial charge in [0.2, 0.25) is 0 Å². The van der Waals surface area contributed by atoms with E-state index in [1.54, 1.807) is 6.08 Å². The van der Waals surface area contributed by atoms with E-state index in [-0.39, 0.29) is 18.2 Å². The number of hydrogen-bond donors (Lipinski definition) is 0. The number of rotatable bonds is 5. The molecule has 4 saturated carbocycles. The Hall–Kier alpha value is -1.40. The molecule has 0 N–H and O–H groups in total. The second kappa shape index (κ2) is 6.97. The lowest BCUT2D eigenvalue weighted by atomic mass is 9.54. The molecule has 3 atom stereocenters. The first-order valence-electron chi connectivity index (χ1n) is 9.73. The van der Waals surface area contributed by atoms with E-state index < -0.39 is 24.5 Å². The van der Waals surface area contributed by atoms with E-state index >= 15 is 0 Å². The summed E-state index contributed by atoms with van der Waals surface area (Å²) in [5.74, 6) is 1.60. The Morgan fingerprint density at radius 3 is 2.15 bits per heavy atom. The number of carbonyl (C=O) groups excluding carboxylic acids is 2. The largest absolute Gasteiger partial charge is 0.463 e. The number of esters is 2. The summed E-state index contributed by atoms with van der Waals surface area (Å²) in [6.07, 6.45) is 9.45. The molecule has 0 aromatic carbocycles. The normalized spacial score (nSPS) is 43.3. The van der Waals surface area contributed by atoms with Crippen molar-refractivity contribution in [1.82, 2.24) is 0 Å². The molecule has 0 aromatic rings. The second-order valence-corrected chi connectivity index (χ2v) is 8.52. The lowest BCUT2D eigenvalue weighted by Crippen LogP contribution is -2.54. The van der Waals surface area contributed by atoms with E-state index in [4.69, 9.17) is 18.9 Å². The average molecular weight is 364 g/mol. The maximum Gasteiger partial charge on any atom is 0.303 e. The van der Waals surface area contributed by atoms with Crippen LogP contribution < -0.4 is 0 Å². The minimum absolute atomic E-state index is 0.0400. The second-order valence-electron chi connectivity index (χ2n) is 8.52. The minimum Gasteiger partial charge on any atom is -0.463 e. The smallest absolute Gasteiger partial charge is 0.303 e. The van der Waals surface area contributed by atoms with E-state index in [2.05, 4.69) is 0 Å². The maximum absolute atomic E-state index is 11.3. The van der Waals surface area contributed by atoms with Crippen molar-refractivity contribution < 1.29 is 28.5 Å². The Kier molecular flexibility index (Phi) is 4.82. The molecule has 1 aliphatic heterocycles. The highest BCUT2D eigenvalue weighted by Gasteiger charge is 2.53.